The van der Waals surface area contributed by atoms with Gasteiger partial charge in [0.2, 0.25) is 4.84 Å². The molecule has 10 heavy (non-hydrogen) atoms. The molecular formula is C5H6Cl2O3. The van der Waals surface area contributed by atoms with Crippen molar-refractivity contribution in [1.29, 1.82) is 0 Å². The second-order valence-electron chi connectivity index (χ2n) is 1.89. The summed E-state index contributed by atoms with van der Waals surface area (Å²) >= 11 is 10.4. The maximum Gasteiger partial charge on any atom is 0.339 e. The Morgan fingerprint density at radius 3 is 2.80 bits per heavy atom. The summed E-state index contributed by atoms with van der Waals surface area (Å²) in [5.74, 6) is -0.612. The summed E-state index contributed by atoms with van der Waals surface area (Å²) in [4.78, 5) is 9.45. The number of hydrogen-bond donors (Lipinski definition) is 0. The van der Waals surface area contributed by atoms with Crippen LogP contribution in [0.2, 0.25) is 0 Å². The highest BCUT2D eigenvalue weighted by Crippen LogP contribution is 2.10. The van der Waals surface area contributed by atoms with Gasteiger partial charge in [0.25, 0.3) is 0 Å². The van der Waals surface area contributed by atoms with Gasteiger partial charge in [-0.25, -0.2) is 4.79 Å². The van der Waals surface area contributed by atoms with Crippen LogP contribution < -0.4 is 0 Å². The number of hydrogen-bond acceptors (Lipinski definition) is 3. The Balaban J connectivity index is 2.05. The zero-order valence-electron chi connectivity index (χ0n) is 5.05. The van der Waals surface area contributed by atoms with Crippen molar-refractivity contribution in [3.63, 3.8) is 0 Å². The van der Waals surface area contributed by atoms with Gasteiger partial charge in [-0.15, -0.1) is 0 Å². The zero-order valence-corrected chi connectivity index (χ0v) is 6.56. The first-order valence-corrected chi connectivity index (χ1v) is 3.64. The number of halogens is 2. The Bertz CT molecular complexity index is 133. The van der Waals surface area contributed by atoms with Crippen LogP contribution in [0.5, 0.6) is 0 Å². The van der Waals surface area contributed by atoms with Gasteiger partial charge < -0.3 is 9.47 Å². The summed E-state index contributed by atoms with van der Waals surface area (Å²) in [6, 6.07) is 0. The molecule has 1 saturated heterocycles. The number of rotatable bonds is 3. The van der Waals surface area contributed by atoms with Crippen molar-refractivity contribution in [1.82, 2.24) is 0 Å². The molecule has 0 N–H and O–H groups in total. The Labute approximate surface area is 68.2 Å². The van der Waals surface area contributed by atoms with Crippen molar-refractivity contribution in [2.45, 2.75) is 10.9 Å². The smallest absolute Gasteiger partial charge is 0.339 e. The predicted molar refractivity (Wildman–Crippen MR) is 36.2 cm³/mol. The van der Waals surface area contributed by atoms with E-state index in [9.17, 15) is 4.79 Å². The molecule has 1 unspecified atom stereocenters. The lowest BCUT2D eigenvalue weighted by Crippen LogP contribution is -2.15. The predicted octanol–water partition coefficient (Wildman–Crippen LogP) is 0.732. The van der Waals surface area contributed by atoms with Gasteiger partial charge in [-0.1, -0.05) is 23.2 Å². The van der Waals surface area contributed by atoms with E-state index in [1.807, 2.05) is 0 Å². The van der Waals surface area contributed by atoms with Gasteiger partial charge in [-0.2, -0.15) is 0 Å². The van der Waals surface area contributed by atoms with Gasteiger partial charge in [0, 0.05) is 0 Å². The normalized spacial score (nSPS) is 22.9. The van der Waals surface area contributed by atoms with E-state index < -0.39 is 10.8 Å². The molecule has 0 spiro atoms. The summed E-state index contributed by atoms with van der Waals surface area (Å²) in [7, 11) is 0. The molecule has 58 valence electrons. The largest absolute Gasteiger partial charge is 0.461 e. The molecule has 1 aliphatic rings. The minimum Gasteiger partial charge on any atom is -0.461 e. The second-order valence-corrected chi connectivity index (χ2v) is 2.98. The molecule has 0 aromatic carbocycles. The molecular weight excluding hydrogens is 179 g/mol. The lowest BCUT2D eigenvalue weighted by molar-refractivity contribution is -0.142. The number of carbonyl (C=O) groups excluding carboxylic acids is 1. The topological polar surface area (TPSA) is 38.8 Å². The Morgan fingerprint density at radius 2 is 2.40 bits per heavy atom. The molecule has 1 atom stereocenters. The van der Waals surface area contributed by atoms with Crippen molar-refractivity contribution in [3.05, 3.63) is 0 Å². The van der Waals surface area contributed by atoms with Crippen LogP contribution in [0, 0.1) is 0 Å². The standard InChI is InChI=1S/C5H6Cl2O3/c6-4(7)5(8)10-2-3-1-9-3/h3-4H,1-2H2. The maximum absolute atomic E-state index is 10.5. The van der Waals surface area contributed by atoms with E-state index in [2.05, 4.69) is 4.74 Å². The molecule has 1 aliphatic heterocycles. The summed E-state index contributed by atoms with van der Waals surface area (Å²) in [6.45, 7) is 0.914. The van der Waals surface area contributed by atoms with Crippen LogP contribution in [-0.4, -0.2) is 30.1 Å². The lowest BCUT2D eigenvalue weighted by Gasteiger charge is -2.00. The van der Waals surface area contributed by atoms with E-state index in [1.54, 1.807) is 0 Å². The Morgan fingerprint density at radius 1 is 1.80 bits per heavy atom. The van der Waals surface area contributed by atoms with Crippen LogP contribution in [0.3, 0.4) is 0 Å². The molecule has 1 fully saturated rings. The van der Waals surface area contributed by atoms with Gasteiger partial charge in [0.05, 0.1) is 6.61 Å². The van der Waals surface area contributed by atoms with Crippen molar-refractivity contribution >= 4 is 29.2 Å². The van der Waals surface area contributed by atoms with Gasteiger partial charge in [-0.3, -0.25) is 0 Å². The first kappa shape index (κ1) is 8.11. The molecule has 3 nitrogen and oxygen atoms in total. The van der Waals surface area contributed by atoms with Crippen LogP contribution in [0.1, 0.15) is 0 Å². The molecule has 5 heteroatoms. The van der Waals surface area contributed by atoms with Gasteiger partial charge in [0.15, 0.2) is 0 Å². The molecule has 0 radical (unpaired) electrons. The van der Waals surface area contributed by atoms with Crippen LogP contribution in [0.15, 0.2) is 0 Å². The number of alkyl halides is 2. The second kappa shape index (κ2) is 3.42. The SMILES string of the molecule is O=C(OCC1CO1)C(Cl)Cl. The van der Waals surface area contributed by atoms with E-state index in [1.165, 1.54) is 0 Å². The average molecular weight is 185 g/mol. The molecule has 0 amide bonds. The first-order chi connectivity index (χ1) is 4.70. The van der Waals surface area contributed by atoms with Crippen LogP contribution in [0.4, 0.5) is 0 Å². The van der Waals surface area contributed by atoms with Gasteiger partial charge in [0.1, 0.15) is 12.7 Å². The summed E-state index contributed by atoms with van der Waals surface area (Å²) in [5.41, 5.74) is 0. The summed E-state index contributed by atoms with van der Waals surface area (Å²) < 4.78 is 9.37. The molecule has 1 heterocycles. The third-order valence-corrected chi connectivity index (χ3v) is 1.35. The van der Waals surface area contributed by atoms with E-state index in [0.29, 0.717) is 6.61 Å². The monoisotopic (exact) mass is 184 g/mol. The van der Waals surface area contributed by atoms with Gasteiger partial charge >= 0.3 is 5.97 Å². The van der Waals surface area contributed by atoms with Crippen LogP contribution in [0.25, 0.3) is 0 Å². The molecule has 0 aliphatic carbocycles. The summed E-state index contributed by atoms with van der Waals surface area (Å²) in [5, 5.41) is 0. The van der Waals surface area contributed by atoms with E-state index in [-0.39, 0.29) is 12.7 Å². The number of carbonyl (C=O) groups is 1. The van der Waals surface area contributed by atoms with Crippen molar-refractivity contribution in [2.24, 2.45) is 0 Å². The number of ether oxygens (including phenoxy) is 2. The first-order valence-electron chi connectivity index (χ1n) is 2.76. The Hall–Kier alpha value is 0.01000. The molecule has 1 rings (SSSR count). The summed E-state index contributed by atoms with van der Waals surface area (Å²) in [6.07, 6.45) is 0.0658. The highest BCUT2D eigenvalue weighted by Gasteiger charge is 2.25. The number of epoxide rings is 1. The van der Waals surface area contributed by atoms with Crippen molar-refractivity contribution < 1.29 is 14.3 Å². The van der Waals surface area contributed by atoms with E-state index in [0.717, 1.165) is 0 Å². The number of esters is 1. The van der Waals surface area contributed by atoms with Crippen molar-refractivity contribution in [2.75, 3.05) is 13.2 Å². The fourth-order valence-electron chi connectivity index (χ4n) is 0.402. The maximum atomic E-state index is 10.5. The average Bonchev–Trinajstić information content (AvgIpc) is 2.64. The highest BCUT2D eigenvalue weighted by molar-refractivity contribution is 6.52. The lowest BCUT2D eigenvalue weighted by atomic mass is 10.5. The minimum absolute atomic E-state index is 0.0658. The fraction of sp³-hybridized carbons (Fsp3) is 0.800. The van der Waals surface area contributed by atoms with Crippen LogP contribution >= 0.6 is 23.2 Å². The highest BCUT2D eigenvalue weighted by atomic mass is 35.5. The third-order valence-electron chi connectivity index (χ3n) is 0.992. The molecule has 0 saturated carbocycles. The third kappa shape index (κ3) is 2.73. The van der Waals surface area contributed by atoms with E-state index >= 15 is 0 Å². The molecule has 0 aromatic rings. The zero-order chi connectivity index (χ0) is 7.56. The minimum atomic E-state index is -1.08. The molecule has 0 aromatic heterocycles. The Kier molecular flexibility index (Phi) is 2.77. The molecule has 0 bridgehead atoms. The van der Waals surface area contributed by atoms with Crippen LogP contribution in [-0.2, 0) is 14.3 Å². The van der Waals surface area contributed by atoms with Crippen molar-refractivity contribution in [3.8, 4) is 0 Å². The fourth-order valence-corrected chi connectivity index (χ4v) is 0.528. The van der Waals surface area contributed by atoms with E-state index in [4.69, 9.17) is 27.9 Å². The van der Waals surface area contributed by atoms with Gasteiger partial charge in [-0.05, 0) is 0 Å². The quantitative estimate of drug-likeness (QED) is 0.369.